The summed E-state index contributed by atoms with van der Waals surface area (Å²) in [6, 6.07) is 8.79. The molecule has 0 aliphatic carbocycles. The van der Waals surface area contributed by atoms with Crippen molar-refractivity contribution in [1.82, 2.24) is 10.2 Å². The Bertz CT molecular complexity index is 787. The summed E-state index contributed by atoms with van der Waals surface area (Å²) in [5.74, 6) is -0.0252. The van der Waals surface area contributed by atoms with Gasteiger partial charge in [0.25, 0.3) is 5.91 Å². The van der Waals surface area contributed by atoms with Gasteiger partial charge in [0.2, 0.25) is 5.91 Å². The van der Waals surface area contributed by atoms with Crippen LogP contribution >= 0.6 is 34.5 Å². The molecule has 0 saturated carbocycles. The predicted octanol–water partition coefficient (Wildman–Crippen LogP) is 4.78. The third-order valence-electron chi connectivity index (χ3n) is 4.67. The molecule has 1 fully saturated rings. The highest BCUT2D eigenvalue weighted by Gasteiger charge is 2.29. The highest BCUT2D eigenvalue weighted by Crippen LogP contribution is 2.27. The Hall–Kier alpha value is -1.56. The van der Waals surface area contributed by atoms with Gasteiger partial charge in [-0.15, -0.1) is 11.3 Å². The minimum absolute atomic E-state index is 0.00624. The maximum atomic E-state index is 12.6. The van der Waals surface area contributed by atoms with E-state index in [9.17, 15) is 9.59 Å². The molecule has 26 heavy (non-hydrogen) atoms. The van der Waals surface area contributed by atoms with Crippen LogP contribution in [0, 0.1) is 5.92 Å². The van der Waals surface area contributed by atoms with E-state index in [1.165, 1.54) is 11.3 Å². The molecule has 0 radical (unpaired) electrons. The van der Waals surface area contributed by atoms with E-state index in [-0.39, 0.29) is 23.8 Å². The molecule has 1 aliphatic rings. The molecule has 1 aromatic carbocycles. The third-order valence-corrected chi connectivity index (χ3v) is 6.09. The zero-order valence-electron chi connectivity index (χ0n) is 14.4. The van der Waals surface area contributed by atoms with Gasteiger partial charge in [0.05, 0.1) is 10.9 Å². The Balaban J connectivity index is 1.54. The smallest absolute Gasteiger partial charge is 0.263 e. The Labute approximate surface area is 167 Å². The number of nitrogens with one attached hydrogen (secondary N) is 1. The highest BCUT2D eigenvalue weighted by atomic mass is 35.5. The number of halogens is 2. The predicted molar refractivity (Wildman–Crippen MR) is 106 cm³/mol. The van der Waals surface area contributed by atoms with Crippen molar-refractivity contribution in [2.45, 2.75) is 25.8 Å². The average Bonchev–Trinajstić information content (AvgIpc) is 3.15. The van der Waals surface area contributed by atoms with Gasteiger partial charge in [0, 0.05) is 29.1 Å². The van der Waals surface area contributed by atoms with E-state index in [4.69, 9.17) is 23.2 Å². The summed E-state index contributed by atoms with van der Waals surface area (Å²) in [6.45, 7) is 3.11. The third kappa shape index (κ3) is 4.40. The van der Waals surface area contributed by atoms with Gasteiger partial charge in [0.15, 0.2) is 0 Å². The van der Waals surface area contributed by atoms with Gasteiger partial charge < -0.3 is 10.2 Å². The molecule has 0 bridgehead atoms. The van der Waals surface area contributed by atoms with E-state index in [0.717, 1.165) is 10.4 Å². The first-order valence-electron chi connectivity index (χ1n) is 8.54. The molecule has 1 N–H and O–H groups in total. The molecule has 2 heterocycles. The highest BCUT2D eigenvalue weighted by molar-refractivity contribution is 7.12. The lowest BCUT2D eigenvalue weighted by Gasteiger charge is -2.31. The van der Waals surface area contributed by atoms with Crippen molar-refractivity contribution in [1.29, 1.82) is 0 Å². The molecule has 2 aromatic rings. The van der Waals surface area contributed by atoms with Gasteiger partial charge in [-0.1, -0.05) is 35.3 Å². The Morgan fingerprint density at radius 3 is 2.58 bits per heavy atom. The van der Waals surface area contributed by atoms with E-state index in [0.29, 0.717) is 36.0 Å². The molecule has 2 amide bonds. The molecule has 1 aromatic heterocycles. The van der Waals surface area contributed by atoms with Crippen molar-refractivity contribution < 1.29 is 9.59 Å². The standard InChI is InChI=1S/C19H20Cl2N2O2S/c1-12(15-5-4-14(20)11-16(15)21)22-18(24)13-6-8-23(9-7-13)19(25)17-3-2-10-26-17/h2-5,10-13H,6-9H2,1H3,(H,22,24). The molecular weight excluding hydrogens is 391 g/mol. The van der Waals surface area contributed by atoms with E-state index in [1.807, 2.05) is 35.4 Å². The second kappa shape index (κ2) is 8.42. The van der Waals surface area contributed by atoms with Crippen molar-refractivity contribution in [2.75, 3.05) is 13.1 Å². The number of thiophene rings is 1. The Morgan fingerprint density at radius 1 is 1.23 bits per heavy atom. The number of benzene rings is 1. The lowest BCUT2D eigenvalue weighted by molar-refractivity contribution is -0.126. The molecule has 138 valence electrons. The number of nitrogens with zero attached hydrogens (tertiary/aromatic N) is 1. The normalized spacial score (nSPS) is 16.3. The number of hydrogen-bond donors (Lipinski definition) is 1. The largest absolute Gasteiger partial charge is 0.349 e. The summed E-state index contributed by atoms with van der Waals surface area (Å²) in [7, 11) is 0. The lowest BCUT2D eigenvalue weighted by Crippen LogP contribution is -2.43. The topological polar surface area (TPSA) is 49.4 Å². The van der Waals surface area contributed by atoms with Crippen molar-refractivity contribution in [3.63, 3.8) is 0 Å². The van der Waals surface area contributed by atoms with Gasteiger partial charge in [-0.05, 0) is 48.9 Å². The first-order valence-corrected chi connectivity index (χ1v) is 10.2. The van der Waals surface area contributed by atoms with Crippen molar-refractivity contribution >= 4 is 46.4 Å². The zero-order chi connectivity index (χ0) is 18.7. The lowest BCUT2D eigenvalue weighted by atomic mass is 9.95. The van der Waals surface area contributed by atoms with Crippen LogP contribution in [0.3, 0.4) is 0 Å². The summed E-state index contributed by atoms with van der Waals surface area (Å²) in [5, 5.41) is 6.04. The van der Waals surface area contributed by atoms with Crippen LogP contribution in [0.15, 0.2) is 35.7 Å². The summed E-state index contributed by atoms with van der Waals surface area (Å²) >= 11 is 13.6. The van der Waals surface area contributed by atoms with Crippen molar-refractivity contribution in [3.8, 4) is 0 Å². The number of likely N-dealkylation sites (tertiary alicyclic amines) is 1. The van der Waals surface area contributed by atoms with Gasteiger partial charge in [-0.25, -0.2) is 0 Å². The SMILES string of the molecule is CC(NC(=O)C1CCN(C(=O)c2cccs2)CC1)c1ccc(Cl)cc1Cl. The maximum Gasteiger partial charge on any atom is 0.263 e. The van der Waals surface area contributed by atoms with Crippen LogP contribution < -0.4 is 5.32 Å². The average molecular weight is 411 g/mol. The summed E-state index contributed by atoms with van der Waals surface area (Å²) in [5.41, 5.74) is 0.842. The number of carbonyl (C=O) groups is 2. The van der Waals surface area contributed by atoms with Crippen molar-refractivity contribution in [3.05, 3.63) is 56.2 Å². The van der Waals surface area contributed by atoms with Crippen LogP contribution in [0.5, 0.6) is 0 Å². The van der Waals surface area contributed by atoms with Gasteiger partial charge in [0.1, 0.15) is 0 Å². The fourth-order valence-corrected chi connectivity index (χ4v) is 4.43. The monoisotopic (exact) mass is 410 g/mol. The number of carbonyl (C=O) groups excluding carboxylic acids is 2. The fourth-order valence-electron chi connectivity index (χ4n) is 3.16. The van der Waals surface area contributed by atoms with Gasteiger partial charge in [-0.2, -0.15) is 0 Å². The maximum absolute atomic E-state index is 12.6. The fraction of sp³-hybridized carbons (Fsp3) is 0.368. The molecule has 7 heteroatoms. The van der Waals surface area contributed by atoms with Crippen LogP contribution in [0.2, 0.25) is 10.0 Å². The van der Waals surface area contributed by atoms with Crippen LogP contribution in [0.1, 0.15) is 41.0 Å². The molecule has 1 atom stereocenters. The minimum atomic E-state index is -0.196. The van der Waals surface area contributed by atoms with Crippen LogP contribution in [-0.4, -0.2) is 29.8 Å². The number of piperidine rings is 1. The molecule has 3 rings (SSSR count). The first kappa shape index (κ1) is 19.2. The van der Waals surface area contributed by atoms with Crippen LogP contribution in [0.25, 0.3) is 0 Å². The van der Waals surface area contributed by atoms with Gasteiger partial charge >= 0.3 is 0 Å². The molecule has 1 unspecified atom stereocenters. The van der Waals surface area contributed by atoms with E-state index in [1.54, 1.807) is 12.1 Å². The van der Waals surface area contributed by atoms with E-state index in [2.05, 4.69) is 5.32 Å². The molecular formula is C19H20Cl2N2O2S. The van der Waals surface area contributed by atoms with Crippen molar-refractivity contribution in [2.24, 2.45) is 5.92 Å². The second-order valence-electron chi connectivity index (χ2n) is 6.44. The summed E-state index contributed by atoms with van der Waals surface area (Å²) in [4.78, 5) is 27.5. The Morgan fingerprint density at radius 2 is 1.96 bits per heavy atom. The summed E-state index contributed by atoms with van der Waals surface area (Å²) < 4.78 is 0. The molecule has 4 nitrogen and oxygen atoms in total. The summed E-state index contributed by atoms with van der Waals surface area (Å²) in [6.07, 6.45) is 1.34. The first-order chi connectivity index (χ1) is 12.5. The minimum Gasteiger partial charge on any atom is -0.349 e. The molecule has 1 saturated heterocycles. The molecule has 1 aliphatic heterocycles. The van der Waals surface area contributed by atoms with Gasteiger partial charge in [-0.3, -0.25) is 9.59 Å². The van der Waals surface area contributed by atoms with Crippen LogP contribution in [-0.2, 0) is 4.79 Å². The number of amides is 2. The van der Waals surface area contributed by atoms with E-state index >= 15 is 0 Å². The quantitative estimate of drug-likeness (QED) is 0.787. The zero-order valence-corrected chi connectivity index (χ0v) is 16.7. The Kier molecular flexibility index (Phi) is 6.22. The number of rotatable bonds is 4. The van der Waals surface area contributed by atoms with Crippen LogP contribution in [0.4, 0.5) is 0 Å². The number of hydrogen-bond acceptors (Lipinski definition) is 3. The second-order valence-corrected chi connectivity index (χ2v) is 8.23. The van der Waals surface area contributed by atoms with E-state index < -0.39 is 0 Å². The molecule has 0 spiro atoms.